The van der Waals surface area contributed by atoms with Crippen LogP contribution in [0.2, 0.25) is 0 Å². The van der Waals surface area contributed by atoms with Crippen LogP contribution in [0.1, 0.15) is 84.9 Å². The number of fused-ring (bicyclic) bond motifs is 2. The van der Waals surface area contributed by atoms with E-state index in [4.69, 9.17) is 69.8 Å². The molecule has 34 nitrogen and oxygen atoms in total. The first-order chi connectivity index (χ1) is 43.6. The van der Waals surface area contributed by atoms with Crippen molar-refractivity contribution in [2.75, 3.05) is 90.1 Å². The lowest BCUT2D eigenvalue weighted by molar-refractivity contribution is -0.0601. The Morgan fingerprint density at radius 1 is 0.891 bits per heavy atom. The van der Waals surface area contributed by atoms with Gasteiger partial charge in [0.15, 0.2) is 5.78 Å². The van der Waals surface area contributed by atoms with Gasteiger partial charge in [-0.2, -0.15) is 13.6 Å². The molecule has 6 rings (SSSR count). The average molecular weight is 1390 g/mol. The van der Waals surface area contributed by atoms with Crippen molar-refractivity contribution < 1.29 is 108 Å². The number of azide groups is 1. The van der Waals surface area contributed by atoms with Crippen molar-refractivity contribution in [2.24, 2.45) is 5.11 Å². The maximum atomic E-state index is 13.4. The van der Waals surface area contributed by atoms with E-state index < -0.39 is 79.1 Å². The maximum Gasteiger partial charge on any atom is 0.490 e. The first-order valence-corrected chi connectivity index (χ1v) is 34.5. The number of alkyl carbamates (subject to hydrolysis) is 2. The fraction of sp³-hybridized carbons (Fsp3) is 0.453. The van der Waals surface area contributed by atoms with Gasteiger partial charge in [0.2, 0.25) is 0 Å². The summed E-state index contributed by atoms with van der Waals surface area (Å²) in [5.41, 5.74) is 22.3. The Hall–Kier alpha value is -6.93. The molecule has 2 aliphatic heterocycles. The second kappa shape index (κ2) is 35.4. The van der Waals surface area contributed by atoms with Crippen LogP contribution in [0, 0.1) is 17.3 Å². The summed E-state index contributed by atoms with van der Waals surface area (Å²) in [4.78, 5) is 106. The SMILES string of the molecule is CC(C)(CCOC(=O)NCCOCCOCCCC(=O)c1ccc(C(=O)O)c(-c2c3ccc(=N)cc-3oc3cc(N)ccc23)c1)SSCOCCCCOC(=O)NCC#Cc1cn([C@H]2C[C@@H](OCN=[N+]=[N-])[C@@H](COP(=O)(O)OP(=O)(O)OP(=O)(O)O)O2)c(=O)nc1N. The highest BCUT2D eigenvalue weighted by molar-refractivity contribution is 8.77. The Morgan fingerprint density at radius 2 is 1.62 bits per heavy atom. The molecule has 2 aromatic carbocycles. The second-order valence-corrected chi connectivity index (χ2v) is 27.5. The van der Waals surface area contributed by atoms with Gasteiger partial charge in [-0.1, -0.05) is 44.6 Å². The van der Waals surface area contributed by atoms with Crippen LogP contribution in [0.4, 0.5) is 21.1 Å². The van der Waals surface area contributed by atoms with E-state index in [1.807, 2.05) is 13.8 Å². The number of hydrogen-bond acceptors (Lipinski definition) is 26. The van der Waals surface area contributed by atoms with Gasteiger partial charge in [-0.05, 0) is 87.0 Å². The lowest BCUT2D eigenvalue weighted by atomic mass is 9.88. The second-order valence-electron chi connectivity index (χ2n) is 20.1. The van der Waals surface area contributed by atoms with Crippen molar-refractivity contribution in [3.8, 4) is 34.3 Å². The van der Waals surface area contributed by atoms with Crippen LogP contribution in [-0.2, 0) is 60.0 Å². The van der Waals surface area contributed by atoms with Crippen LogP contribution in [0.5, 0.6) is 0 Å². The lowest BCUT2D eigenvalue weighted by Gasteiger charge is -2.22. The number of aromatic carboxylic acids is 1. The van der Waals surface area contributed by atoms with Crippen LogP contribution < -0.4 is 33.1 Å². The summed E-state index contributed by atoms with van der Waals surface area (Å²) in [7, 11) is -14.0. The molecule has 3 aliphatic rings. The Labute approximate surface area is 531 Å². The van der Waals surface area contributed by atoms with E-state index in [9.17, 15) is 52.6 Å². The first kappa shape index (κ1) is 74.1. The number of anilines is 2. The molecule has 0 radical (unpaired) electrons. The number of hydrogen-bond donors (Lipinski definition) is 10. The van der Waals surface area contributed by atoms with Crippen molar-refractivity contribution in [1.82, 2.24) is 20.2 Å². The number of nitrogens with one attached hydrogen (secondary N) is 3. The van der Waals surface area contributed by atoms with Gasteiger partial charge in [-0.3, -0.25) is 13.9 Å². The van der Waals surface area contributed by atoms with Gasteiger partial charge >= 0.3 is 47.3 Å². The quantitative estimate of drug-likeness (QED) is 0.00161. The Bertz CT molecular complexity index is 3770. The Morgan fingerprint density at radius 3 is 2.37 bits per heavy atom. The number of rotatable bonds is 37. The first-order valence-electron chi connectivity index (χ1n) is 27.6. The molecule has 92 heavy (non-hydrogen) atoms. The number of unbranched alkanes of at least 4 members (excludes halogenated alkanes) is 1. The Kier molecular flexibility index (Phi) is 28.5. The summed E-state index contributed by atoms with van der Waals surface area (Å²) in [5, 5.41) is 27.4. The molecule has 0 spiro atoms. The minimum Gasteiger partial charge on any atom is -0.478 e. The van der Waals surface area contributed by atoms with Crippen LogP contribution in [-0.4, -0.2) is 154 Å². The average Bonchev–Trinajstić information content (AvgIpc) is 0.817. The molecule has 2 amide bonds. The molecular weight excluding hydrogens is 1320 g/mol. The van der Waals surface area contributed by atoms with Crippen molar-refractivity contribution in [3.05, 3.63) is 104 Å². The number of carbonyl (C=O) groups is 4. The molecule has 1 saturated heterocycles. The number of nitrogen functional groups attached to an aromatic ring is 2. The van der Waals surface area contributed by atoms with Crippen LogP contribution in [0.3, 0.4) is 0 Å². The number of amides is 2. The number of nitrogens with zero attached hydrogens (tertiary/aromatic N) is 5. The van der Waals surface area contributed by atoms with E-state index in [1.165, 1.54) is 35.2 Å². The molecule has 2 unspecified atom stereocenters. The third-order valence-electron chi connectivity index (χ3n) is 12.7. The summed E-state index contributed by atoms with van der Waals surface area (Å²) >= 11 is 0. The van der Waals surface area contributed by atoms with Gasteiger partial charge < -0.3 is 89.8 Å². The largest absolute Gasteiger partial charge is 0.490 e. The van der Waals surface area contributed by atoms with Crippen molar-refractivity contribution in [3.63, 3.8) is 0 Å². The summed E-state index contributed by atoms with van der Waals surface area (Å²) < 4.78 is 92.3. The molecule has 0 bridgehead atoms. The predicted octanol–water partition coefficient (Wildman–Crippen LogP) is 7.19. The third-order valence-corrected chi connectivity index (χ3v) is 19.5. The summed E-state index contributed by atoms with van der Waals surface area (Å²) in [6, 6.07) is 14.3. The van der Waals surface area contributed by atoms with E-state index >= 15 is 0 Å². The van der Waals surface area contributed by atoms with Gasteiger partial charge in [-0.25, -0.2) is 32.9 Å². The van der Waals surface area contributed by atoms with Crippen LogP contribution in [0.25, 0.3) is 43.9 Å². The monoisotopic (exact) mass is 1380 g/mol. The number of phosphoric ester groups is 1. The zero-order valence-corrected chi connectivity index (χ0v) is 53.6. The van der Waals surface area contributed by atoms with Crippen molar-refractivity contribution in [2.45, 2.75) is 75.6 Å². The third kappa shape index (κ3) is 24.5. The number of carboxylic acids is 1. The zero-order valence-electron chi connectivity index (χ0n) is 49.3. The zero-order chi connectivity index (χ0) is 67.1. The molecule has 39 heteroatoms. The van der Waals surface area contributed by atoms with E-state index in [1.54, 1.807) is 47.2 Å². The minimum absolute atomic E-state index is 0.00533. The normalized spacial score (nSPS) is 16.2. The van der Waals surface area contributed by atoms with E-state index in [0.29, 0.717) is 82.9 Å². The van der Waals surface area contributed by atoms with Gasteiger partial charge in [-0.15, -0.1) is 0 Å². The number of benzene rings is 3. The van der Waals surface area contributed by atoms with E-state index in [-0.39, 0.29) is 98.4 Å². The molecule has 3 heterocycles. The standard InChI is InChI=1S/C53H67N10O24P3S2/c1-53(2,15-21-81-52(69)59-17-22-78-24-23-77-19-6-8-41(64)33-9-12-37(49(65)66)40(25-33)47-38-13-10-35(54)26-42(38)84-43-27-36(55)11-14-39(43)47)92-91-32-79-18-3-4-20-80-51(68)58-16-5-7-34-29-63(50(67)61-48(34)56)46-28-44(82-31-60-62-57)45(85-46)30-83-89(73,74)87-90(75,76)86-88(70,71)72/h9-14,25-27,29,44-46,54H,3-4,6,8,15-24,28,30-32,55H2,1-2H3,(H,58,68)(H,59,69)(H,65,66)(H,73,74)(H,75,76)(H2,56,61,67)(H2,70,71,72)/t44-,45-,46-/m1/s1. The maximum absolute atomic E-state index is 13.4. The number of Topliss-reactive ketones (excluding diaryl/α,β-unsaturated/α-hetero) is 1. The molecule has 5 atom stereocenters. The summed E-state index contributed by atoms with van der Waals surface area (Å²) in [6.07, 6.45) is -1.93. The molecule has 0 saturated carbocycles. The number of nitrogens with two attached hydrogens (primary N) is 2. The molecular formula is C53H67N10O24P3S2. The number of carbonyl (C=O) groups excluding carboxylic acids is 3. The van der Waals surface area contributed by atoms with Crippen LogP contribution >= 0.6 is 45.1 Å². The highest BCUT2D eigenvalue weighted by Gasteiger charge is 2.44. The van der Waals surface area contributed by atoms with Crippen molar-refractivity contribution in [1.29, 1.82) is 5.41 Å². The highest BCUT2D eigenvalue weighted by Crippen LogP contribution is 2.66. The molecule has 12 N–H and O–H groups in total. The van der Waals surface area contributed by atoms with E-state index in [2.05, 4.69) is 50.6 Å². The predicted molar refractivity (Wildman–Crippen MR) is 330 cm³/mol. The molecule has 3 aromatic rings. The van der Waals surface area contributed by atoms with Gasteiger partial charge in [0.25, 0.3) is 0 Å². The molecule has 1 aliphatic carbocycles. The number of ketones is 1. The number of phosphoric acid groups is 3. The number of aromatic nitrogens is 2. The molecule has 1 fully saturated rings. The Balaban J connectivity index is 0.775. The van der Waals surface area contributed by atoms with Gasteiger partial charge in [0, 0.05) is 88.4 Å². The summed E-state index contributed by atoms with van der Waals surface area (Å²) in [6.45, 7) is 4.14. The minimum atomic E-state index is -5.83. The topological polar surface area (TPSA) is 510 Å². The number of ether oxygens (including phenoxy) is 7. The van der Waals surface area contributed by atoms with Crippen molar-refractivity contribution >= 4 is 91.5 Å². The van der Waals surface area contributed by atoms with Crippen LogP contribution in [0.15, 0.2) is 75.1 Å². The molecule has 1 aromatic heterocycles. The fourth-order valence-corrected chi connectivity index (χ4v) is 13.8. The van der Waals surface area contributed by atoms with E-state index in [0.717, 1.165) is 4.57 Å². The molecule has 500 valence electrons. The number of carboxylic acid groups (broad SMARTS) is 1. The van der Waals surface area contributed by atoms with Gasteiger partial charge in [0.1, 0.15) is 42.2 Å². The van der Waals surface area contributed by atoms with Gasteiger partial charge in [0.05, 0.1) is 68.8 Å². The highest BCUT2D eigenvalue weighted by atomic mass is 33.1. The lowest BCUT2D eigenvalue weighted by Crippen LogP contribution is -2.29. The fourth-order valence-electron chi connectivity index (χ4n) is 8.48. The summed E-state index contributed by atoms with van der Waals surface area (Å²) in [5.74, 6) is 4.39. The smallest absolute Gasteiger partial charge is 0.478 e.